The van der Waals surface area contributed by atoms with Crippen LogP contribution >= 0.6 is 11.3 Å². The van der Waals surface area contributed by atoms with E-state index in [2.05, 4.69) is 78.9 Å². The molecule has 0 spiro atoms. The third-order valence-electron chi connectivity index (χ3n) is 9.77. The van der Waals surface area contributed by atoms with Crippen molar-refractivity contribution in [2.45, 2.75) is 0 Å². The number of furan rings is 2. The summed E-state index contributed by atoms with van der Waals surface area (Å²) in [4.78, 5) is 15.5. The van der Waals surface area contributed by atoms with Gasteiger partial charge in [-0.1, -0.05) is 109 Å². The Balaban J connectivity index is 1.18. The van der Waals surface area contributed by atoms with E-state index in [1.54, 1.807) is 0 Å². The summed E-state index contributed by atoms with van der Waals surface area (Å²) in [7, 11) is 0. The molecule has 0 unspecified atom stereocenters. The molecule has 7 aromatic carbocycles. The second kappa shape index (κ2) is 10.9. The second-order valence-corrected chi connectivity index (χ2v) is 13.8. The predicted octanol–water partition coefficient (Wildman–Crippen LogP) is 12.7. The van der Waals surface area contributed by atoms with Gasteiger partial charge in [-0.15, -0.1) is 11.3 Å². The fourth-order valence-corrected chi connectivity index (χ4v) is 8.57. The van der Waals surface area contributed by atoms with Crippen molar-refractivity contribution in [3.05, 3.63) is 152 Å². The Labute approximate surface area is 295 Å². The van der Waals surface area contributed by atoms with Gasteiger partial charge in [-0.25, -0.2) is 15.0 Å². The standard InChI is InChI=1S/C45H25N3O2S/c1-2-11-26(12-3-1)43-46-44(33-16-10-19-37-40(33)31-14-4-7-17-35(31)49-37)48-45(47-43)34-24-23-28(42-41(34)32-15-5-8-18-36(32)50-42)27-21-22-30-29-13-6-9-20-38(29)51-39(30)25-27/h1-25H. The average Bonchev–Trinajstić information content (AvgIpc) is 3.89. The molecule has 5 nitrogen and oxygen atoms in total. The summed E-state index contributed by atoms with van der Waals surface area (Å²) in [5.41, 5.74) is 8.05. The van der Waals surface area contributed by atoms with Gasteiger partial charge >= 0.3 is 0 Å². The number of hydrogen-bond donors (Lipinski definition) is 0. The van der Waals surface area contributed by atoms with Crippen LogP contribution in [0.5, 0.6) is 0 Å². The average molecular weight is 672 g/mol. The quantitative estimate of drug-likeness (QED) is 0.186. The van der Waals surface area contributed by atoms with E-state index in [0.29, 0.717) is 17.5 Å². The minimum atomic E-state index is 0.576. The van der Waals surface area contributed by atoms with Crippen LogP contribution in [0.3, 0.4) is 0 Å². The van der Waals surface area contributed by atoms with E-state index in [-0.39, 0.29) is 0 Å². The summed E-state index contributed by atoms with van der Waals surface area (Å²) >= 11 is 1.82. The van der Waals surface area contributed by atoms with Gasteiger partial charge < -0.3 is 8.83 Å². The van der Waals surface area contributed by atoms with Gasteiger partial charge in [-0.3, -0.25) is 0 Å². The molecule has 0 radical (unpaired) electrons. The summed E-state index contributed by atoms with van der Waals surface area (Å²) in [6.07, 6.45) is 0. The number of benzene rings is 7. The molecular weight excluding hydrogens is 647 g/mol. The van der Waals surface area contributed by atoms with E-state index >= 15 is 0 Å². The van der Waals surface area contributed by atoms with Crippen LogP contribution in [0.25, 0.3) is 109 Å². The summed E-state index contributed by atoms with van der Waals surface area (Å²) < 4.78 is 15.5. The molecule has 0 aliphatic rings. The fraction of sp³-hybridized carbons (Fsp3) is 0. The Morgan fingerprint density at radius 3 is 1.80 bits per heavy atom. The van der Waals surface area contributed by atoms with E-state index in [0.717, 1.165) is 71.7 Å². The van der Waals surface area contributed by atoms with E-state index in [1.807, 2.05) is 84.1 Å². The SMILES string of the molecule is c1ccc(-c2nc(-c3cccc4oc5ccccc5c34)nc(-c3ccc(-c4ccc5c(c4)sc4ccccc45)c4oc5ccccc5c34)n2)cc1. The molecule has 0 saturated heterocycles. The van der Waals surface area contributed by atoms with Gasteiger partial charge in [0, 0.05) is 64.0 Å². The van der Waals surface area contributed by atoms with Gasteiger partial charge in [0.1, 0.15) is 22.3 Å². The lowest BCUT2D eigenvalue weighted by atomic mass is 9.97. The number of thiophene rings is 1. The summed E-state index contributed by atoms with van der Waals surface area (Å²) in [6.45, 7) is 0. The third-order valence-corrected chi connectivity index (χ3v) is 10.9. The van der Waals surface area contributed by atoms with Gasteiger partial charge in [0.2, 0.25) is 0 Å². The van der Waals surface area contributed by atoms with Crippen LogP contribution in [-0.4, -0.2) is 15.0 Å². The maximum atomic E-state index is 6.72. The molecule has 11 rings (SSSR count). The number of nitrogens with zero attached hydrogens (tertiary/aromatic N) is 3. The van der Waals surface area contributed by atoms with Crippen molar-refractivity contribution >= 4 is 75.4 Å². The molecular formula is C45H25N3O2S. The van der Waals surface area contributed by atoms with Gasteiger partial charge in [0.15, 0.2) is 17.5 Å². The van der Waals surface area contributed by atoms with Gasteiger partial charge in [-0.2, -0.15) is 0 Å². The van der Waals surface area contributed by atoms with Crippen LogP contribution in [0.2, 0.25) is 0 Å². The van der Waals surface area contributed by atoms with Crippen molar-refractivity contribution < 1.29 is 8.83 Å². The molecule has 11 aromatic rings. The van der Waals surface area contributed by atoms with Crippen molar-refractivity contribution in [2.24, 2.45) is 0 Å². The molecule has 6 heteroatoms. The zero-order valence-corrected chi connectivity index (χ0v) is 27.8. The molecule has 0 saturated carbocycles. The Morgan fingerprint density at radius 2 is 0.980 bits per heavy atom. The minimum Gasteiger partial charge on any atom is -0.456 e. The Kier molecular flexibility index (Phi) is 6.05. The largest absolute Gasteiger partial charge is 0.456 e. The monoisotopic (exact) mass is 671 g/mol. The fourth-order valence-electron chi connectivity index (χ4n) is 7.43. The van der Waals surface area contributed by atoms with Gasteiger partial charge in [-0.05, 0) is 48.0 Å². The van der Waals surface area contributed by atoms with Crippen LogP contribution < -0.4 is 0 Å². The third kappa shape index (κ3) is 4.37. The first-order valence-electron chi connectivity index (χ1n) is 16.9. The maximum absolute atomic E-state index is 6.72. The van der Waals surface area contributed by atoms with E-state index in [9.17, 15) is 0 Å². The van der Waals surface area contributed by atoms with E-state index < -0.39 is 0 Å². The van der Waals surface area contributed by atoms with Crippen LogP contribution in [0.15, 0.2) is 160 Å². The molecule has 0 fully saturated rings. The predicted molar refractivity (Wildman–Crippen MR) is 209 cm³/mol. The smallest absolute Gasteiger partial charge is 0.164 e. The van der Waals surface area contributed by atoms with Crippen LogP contribution in [0.4, 0.5) is 0 Å². The first-order valence-corrected chi connectivity index (χ1v) is 17.7. The highest BCUT2D eigenvalue weighted by molar-refractivity contribution is 7.25. The lowest BCUT2D eigenvalue weighted by molar-refractivity contribution is 0.669. The molecule has 0 aliphatic carbocycles. The van der Waals surface area contributed by atoms with Crippen molar-refractivity contribution in [2.75, 3.05) is 0 Å². The van der Waals surface area contributed by atoms with Crippen molar-refractivity contribution in [3.8, 4) is 45.3 Å². The number of para-hydroxylation sites is 2. The Hall–Kier alpha value is -6.63. The normalized spacial score (nSPS) is 11.9. The molecule has 0 bridgehead atoms. The summed E-state index contributed by atoms with van der Waals surface area (Å²) in [5, 5.41) is 6.54. The number of fused-ring (bicyclic) bond motifs is 9. The summed E-state index contributed by atoms with van der Waals surface area (Å²) in [5.74, 6) is 1.75. The van der Waals surface area contributed by atoms with Crippen molar-refractivity contribution in [3.63, 3.8) is 0 Å². The van der Waals surface area contributed by atoms with Crippen molar-refractivity contribution in [1.82, 2.24) is 15.0 Å². The highest BCUT2D eigenvalue weighted by atomic mass is 32.1. The number of aromatic nitrogens is 3. The Morgan fingerprint density at radius 1 is 0.373 bits per heavy atom. The van der Waals surface area contributed by atoms with Crippen LogP contribution in [0.1, 0.15) is 0 Å². The molecule has 4 aromatic heterocycles. The zero-order chi connectivity index (χ0) is 33.5. The molecule has 0 amide bonds. The van der Waals surface area contributed by atoms with E-state index in [4.69, 9.17) is 23.8 Å². The lowest BCUT2D eigenvalue weighted by Gasteiger charge is -2.11. The highest BCUT2D eigenvalue weighted by Crippen LogP contribution is 2.44. The Bertz CT molecular complexity index is 3160. The highest BCUT2D eigenvalue weighted by Gasteiger charge is 2.22. The molecule has 0 N–H and O–H groups in total. The first kappa shape index (κ1) is 28.2. The first-order chi connectivity index (χ1) is 25.3. The molecule has 0 atom stereocenters. The molecule has 0 aliphatic heterocycles. The van der Waals surface area contributed by atoms with Crippen molar-refractivity contribution in [1.29, 1.82) is 0 Å². The molecule has 238 valence electrons. The lowest BCUT2D eigenvalue weighted by Crippen LogP contribution is -2.01. The van der Waals surface area contributed by atoms with E-state index in [1.165, 1.54) is 20.2 Å². The maximum Gasteiger partial charge on any atom is 0.164 e. The second-order valence-electron chi connectivity index (χ2n) is 12.7. The molecule has 51 heavy (non-hydrogen) atoms. The zero-order valence-electron chi connectivity index (χ0n) is 27.0. The topological polar surface area (TPSA) is 65.0 Å². The number of rotatable bonds is 4. The summed E-state index contributed by atoms with van der Waals surface area (Å²) in [6, 6.07) is 52.0. The van der Waals surface area contributed by atoms with Crippen LogP contribution in [-0.2, 0) is 0 Å². The van der Waals surface area contributed by atoms with Crippen LogP contribution in [0, 0.1) is 0 Å². The molecule has 4 heterocycles. The minimum absolute atomic E-state index is 0.576. The van der Waals surface area contributed by atoms with Gasteiger partial charge in [0.05, 0.1) is 0 Å². The number of hydrogen-bond acceptors (Lipinski definition) is 6. The van der Waals surface area contributed by atoms with Gasteiger partial charge in [0.25, 0.3) is 0 Å².